The molecule has 0 aliphatic carbocycles. The Bertz CT molecular complexity index is 839. The summed E-state index contributed by atoms with van der Waals surface area (Å²) in [4.78, 5) is 16.3. The maximum atomic E-state index is 12.1. The highest BCUT2D eigenvalue weighted by Gasteiger charge is 2.12. The molecule has 0 atom stereocenters. The number of pyridine rings is 1. The van der Waals surface area contributed by atoms with E-state index >= 15 is 0 Å². The van der Waals surface area contributed by atoms with E-state index in [1.165, 1.54) is 6.20 Å². The van der Waals surface area contributed by atoms with E-state index in [-0.39, 0.29) is 11.7 Å². The Kier molecular flexibility index (Phi) is 5.11. The number of rotatable bonds is 6. The number of amides is 1. The molecule has 2 heterocycles. The number of aromatic nitrogens is 1. The maximum Gasteiger partial charge on any atom is 0.291 e. The molecule has 6 heteroatoms. The van der Waals surface area contributed by atoms with Gasteiger partial charge in [-0.1, -0.05) is 17.7 Å². The van der Waals surface area contributed by atoms with Crippen molar-refractivity contribution in [1.82, 2.24) is 4.98 Å². The second-order valence-electron chi connectivity index (χ2n) is 5.45. The molecule has 25 heavy (non-hydrogen) atoms. The summed E-state index contributed by atoms with van der Waals surface area (Å²) in [5, 5.41) is 2.72. The number of nitrogens with zero attached hydrogens (tertiary/aromatic N) is 1. The zero-order chi connectivity index (χ0) is 17.6. The van der Waals surface area contributed by atoms with Gasteiger partial charge < -0.3 is 19.2 Å². The number of benzene rings is 1. The quantitative estimate of drug-likeness (QED) is 0.730. The van der Waals surface area contributed by atoms with Crippen LogP contribution < -0.4 is 10.1 Å². The van der Waals surface area contributed by atoms with Crippen LogP contribution in [0.4, 0.5) is 5.69 Å². The first kappa shape index (κ1) is 16.7. The number of anilines is 1. The standard InChI is InChI=1S/C19H18N2O4/c1-13-3-6-15(7-4-13)25-18-10-5-14(11-20-18)21-19(22)17-9-8-16(24-17)12-23-2/h3-11H,12H2,1-2H3,(H,21,22). The monoisotopic (exact) mass is 338 g/mol. The highest BCUT2D eigenvalue weighted by Crippen LogP contribution is 2.21. The van der Waals surface area contributed by atoms with Crippen molar-refractivity contribution in [3.63, 3.8) is 0 Å². The second-order valence-corrected chi connectivity index (χ2v) is 5.45. The van der Waals surface area contributed by atoms with Gasteiger partial charge >= 0.3 is 0 Å². The van der Waals surface area contributed by atoms with Crippen LogP contribution in [0.25, 0.3) is 0 Å². The molecule has 0 aliphatic heterocycles. The lowest BCUT2D eigenvalue weighted by Crippen LogP contribution is -2.11. The number of methoxy groups -OCH3 is 1. The predicted octanol–water partition coefficient (Wildman–Crippen LogP) is 4.17. The highest BCUT2D eigenvalue weighted by molar-refractivity contribution is 6.02. The Morgan fingerprint density at radius 1 is 1.12 bits per heavy atom. The van der Waals surface area contributed by atoms with Crippen LogP contribution in [-0.4, -0.2) is 18.0 Å². The Morgan fingerprint density at radius 3 is 2.60 bits per heavy atom. The third-order valence-electron chi connectivity index (χ3n) is 3.41. The minimum Gasteiger partial charge on any atom is -0.453 e. The number of hydrogen-bond acceptors (Lipinski definition) is 5. The van der Waals surface area contributed by atoms with Gasteiger partial charge in [0.25, 0.3) is 5.91 Å². The molecule has 0 bridgehead atoms. The summed E-state index contributed by atoms with van der Waals surface area (Å²) in [5.41, 5.74) is 1.70. The van der Waals surface area contributed by atoms with E-state index in [4.69, 9.17) is 13.9 Å². The van der Waals surface area contributed by atoms with Crippen molar-refractivity contribution in [2.75, 3.05) is 12.4 Å². The van der Waals surface area contributed by atoms with Crippen LogP contribution in [0.1, 0.15) is 21.9 Å². The van der Waals surface area contributed by atoms with Crippen molar-refractivity contribution < 1.29 is 18.7 Å². The van der Waals surface area contributed by atoms with Gasteiger partial charge in [0.1, 0.15) is 18.1 Å². The highest BCUT2D eigenvalue weighted by atomic mass is 16.5. The van der Waals surface area contributed by atoms with Gasteiger partial charge in [-0.25, -0.2) is 4.98 Å². The van der Waals surface area contributed by atoms with Crippen LogP contribution >= 0.6 is 0 Å². The Morgan fingerprint density at radius 2 is 1.92 bits per heavy atom. The van der Waals surface area contributed by atoms with Crippen LogP contribution in [0.3, 0.4) is 0 Å². The fraction of sp³-hybridized carbons (Fsp3) is 0.158. The third-order valence-corrected chi connectivity index (χ3v) is 3.41. The van der Waals surface area contributed by atoms with Crippen molar-refractivity contribution in [3.05, 3.63) is 71.8 Å². The molecule has 0 saturated heterocycles. The number of carbonyl (C=O) groups excluding carboxylic acids is 1. The fourth-order valence-electron chi connectivity index (χ4n) is 2.15. The zero-order valence-electron chi connectivity index (χ0n) is 14.0. The average Bonchev–Trinajstić information content (AvgIpc) is 3.08. The summed E-state index contributed by atoms with van der Waals surface area (Å²) in [7, 11) is 1.56. The van der Waals surface area contributed by atoms with Gasteiger partial charge in [0, 0.05) is 13.2 Å². The van der Waals surface area contributed by atoms with Crippen LogP contribution in [-0.2, 0) is 11.3 Å². The number of nitrogens with one attached hydrogen (secondary N) is 1. The van der Waals surface area contributed by atoms with Crippen LogP contribution in [0, 0.1) is 6.92 Å². The summed E-state index contributed by atoms with van der Waals surface area (Å²) >= 11 is 0. The summed E-state index contributed by atoms with van der Waals surface area (Å²) in [5.74, 6) is 1.61. The Labute approximate surface area is 145 Å². The second kappa shape index (κ2) is 7.63. The largest absolute Gasteiger partial charge is 0.453 e. The number of hydrogen-bond donors (Lipinski definition) is 1. The Balaban J connectivity index is 1.61. The van der Waals surface area contributed by atoms with Crippen molar-refractivity contribution in [2.24, 2.45) is 0 Å². The number of ether oxygens (including phenoxy) is 2. The molecule has 1 amide bonds. The predicted molar refractivity (Wildman–Crippen MR) is 92.9 cm³/mol. The summed E-state index contributed by atoms with van der Waals surface area (Å²) in [6.07, 6.45) is 1.53. The van der Waals surface area contributed by atoms with Gasteiger partial charge in [-0.15, -0.1) is 0 Å². The van der Waals surface area contributed by atoms with Crippen LogP contribution in [0.15, 0.2) is 59.1 Å². The van der Waals surface area contributed by atoms with Gasteiger partial charge in [-0.05, 0) is 37.3 Å². The molecule has 128 valence electrons. The molecular formula is C19H18N2O4. The average molecular weight is 338 g/mol. The van der Waals surface area contributed by atoms with Crippen molar-refractivity contribution in [3.8, 4) is 11.6 Å². The topological polar surface area (TPSA) is 73.6 Å². The molecular weight excluding hydrogens is 320 g/mol. The molecule has 3 rings (SSSR count). The van der Waals surface area contributed by atoms with Crippen molar-refractivity contribution in [2.45, 2.75) is 13.5 Å². The maximum absolute atomic E-state index is 12.1. The minimum absolute atomic E-state index is 0.215. The van der Waals surface area contributed by atoms with Gasteiger partial charge in [0.2, 0.25) is 5.88 Å². The smallest absolute Gasteiger partial charge is 0.291 e. The molecule has 0 spiro atoms. The minimum atomic E-state index is -0.351. The Hall–Kier alpha value is -3.12. The van der Waals surface area contributed by atoms with Gasteiger partial charge in [0.05, 0.1) is 11.9 Å². The zero-order valence-corrected chi connectivity index (χ0v) is 14.0. The molecule has 0 radical (unpaired) electrons. The van der Waals surface area contributed by atoms with E-state index in [1.54, 1.807) is 31.4 Å². The molecule has 1 N–H and O–H groups in total. The molecule has 0 fully saturated rings. The number of aryl methyl sites for hydroxylation is 1. The van der Waals surface area contributed by atoms with Gasteiger partial charge in [-0.2, -0.15) is 0 Å². The third kappa shape index (κ3) is 4.45. The van der Waals surface area contributed by atoms with E-state index in [9.17, 15) is 4.79 Å². The lowest BCUT2D eigenvalue weighted by atomic mass is 10.2. The number of furan rings is 1. The molecule has 0 aliphatic rings. The number of carbonyl (C=O) groups is 1. The molecule has 0 unspecified atom stereocenters. The van der Waals surface area contributed by atoms with E-state index in [0.717, 1.165) is 5.56 Å². The lowest BCUT2D eigenvalue weighted by Gasteiger charge is -2.06. The summed E-state index contributed by atoms with van der Waals surface area (Å²) in [6, 6.07) is 14.4. The van der Waals surface area contributed by atoms with Gasteiger partial charge in [-0.3, -0.25) is 4.79 Å². The molecule has 6 nitrogen and oxygen atoms in total. The normalized spacial score (nSPS) is 10.5. The van der Waals surface area contributed by atoms with Crippen molar-refractivity contribution in [1.29, 1.82) is 0 Å². The van der Waals surface area contributed by atoms with Crippen LogP contribution in [0.2, 0.25) is 0 Å². The fourth-order valence-corrected chi connectivity index (χ4v) is 2.15. The first-order chi connectivity index (χ1) is 12.1. The molecule has 3 aromatic rings. The van der Waals surface area contributed by atoms with Crippen molar-refractivity contribution >= 4 is 11.6 Å². The molecule has 1 aromatic carbocycles. The van der Waals surface area contributed by atoms with E-state index in [2.05, 4.69) is 10.3 Å². The molecule has 2 aromatic heterocycles. The van der Waals surface area contributed by atoms with Crippen LogP contribution in [0.5, 0.6) is 11.6 Å². The van der Waals surface area contributed by atoms with Gasteiger partial charge in [0.15, 0.2) is 5.76 Å². The van der Waals surface area contributed by atoms with E-state index in [0.29, 0.717) is 29.7 Å². The first-order valence-corrected chi connectivity index (χ1v) is 7.73. The van der Waals surface area contributed by atoms with E-state index in [1.807, 2.05) is 31.2 Å². The first-order valence-electron chi connectivity index (χ1n) is 7.73. The SMILES string of the molecule is COCc1ccc(C(=O)Nc2ccc(Oc3ccc(C)cc3)nc2)o1. The summed E-state index contributed by atoms with van der Waals surface area (Å²) in [6.45, 7) is 2.33. The molecule has 0 saturated carbocycles. The summed E-state index contributed by atoms with van der Waals surface area (Å²) < 4.78 is 16.0. The lowest BCUT2D eigenvalue weighted by molar-refractivity contribution is 0.0987. The van der Waals surface area contributed by atoms with E-state index < -0.39 is 0 Å².